The molecule has 0 radical (unpaired) electrons. The number of halogens is 1. The van der Waals surface area contributed by atoms with Gasteiger partial charge in [0, 0.05) is 23.1 Å². The summed E-state index contributed by atoms with van der Waals surface area (Å²) in [4.78, 5) is 25.3. The van der Waals surface area contributed by atoms with Crippen LogP contribution in [0.25, 0.3) is 0 Å². The maximum atomic E-state index is 12.2. The second-order valence-corrected chi connectivity index (χ2v) is 5.43. The van der Waals surface area contributed by atoms with Gasteiger partial charge in [-0.3, -0.25) is 9.59 Å². The average molecular weight is 311 g/mol. The fourth-order valence-corrected chi connectivity index (χ4v) is 2.66. The Morgan fingerprint density at radius 3 is 2.72 bits per heavy atom. The third-order valence-corrected chi connectivity index (χ3v) is 3.37. The Hall–Kier alpha value is -1.36. The van der Waals surface area contributed by atoms with Crippen LogP contribution in [0.1, 0.15) is 18.9 Å². The van der Waals surface area contributed by atoms with E-state index in [0.29, 0.717) is 13.0 Å². The van der Waals surface area contributed by atoms with Crippen LogP contribution >= 0.6 is 15.9 Å². The van der Waals surface area contributed by atoms with Crippen molar-refractivity contribution < 1.29 is 9.59 Å². The summed E-state index contributed by atoms with van der Waals surface area (Å²) >= 11 is 3.43. The fourth-order valence-electron chi connectivity index (χ4n) is 2.06. The van der Waals surface area contributed by atoms with E-state index in [0.717, 1.165) is 15.7 Å². The van der Waals surface area contributed by atoms with E-state index in [1.165, 1.54) is 0 Å². The number of nitrogens with zero attached hydrogens (tertiary/aromatic N) is 1. The second-order valence-electron chi connectivity index (χ2n) is 4.52. The molecule has 0 saturated carbocycles. The topological polar surface area (TPSA) is 49.4 Å². The van der Waals surface area contributed by atoms with Gasteiger partial charge in [0.15, 0.2) is 0 Å². The molecule has 18 heavy (non-hydrogen) atoms. The minimum absolute atomic E-state index is 0.0710. The number of benzene rings is 1. The largest absolute Gasteiger partial charge is 0.345 e. The number of carbonyl (C=O) groups excluding carboxylic acids is 2. The highest BCUT2D eigenvalue weighted by Gasteiger charge is 2.27. The van der Waals surface area contributed by atoms with Crippen LogP contribution < -0.4 is 10.2 Å². The highest BCUT2D eigenvalue weighted by molar-refractivity contribution is 9.10. The normalized spacial score (nSPS) is 20.6. The van der Waals surface area contributed by atoms with Crippen molar-refractivity contribution in [2.24, 2.45) is 0 Å². The molecular weight excluding hydrogens is 296 g/mol. The van der Waals surface area contributed by atoms with Gasteiger partial charge in [-0.1, -0.05) is 15.9 Å². The van der Waals surface area contributed by atoms with Crippen LogP contribution in [0.3, 0.4) is 0 Å². The third-order valence-electron chi connectivity index (χ3n) is 2.91. The first-order chi connectivity index (χ1) is 8.47. The second kappa shape index (κ2) is 5.10. The van der Waals surface area contributed by atoms with Gasteiger partial charge >= 0.3 is 0 Å². The first-order valence-electron chi connectivity index (χ1n) is 5.85. The standard InChI is InChI=1S/C13H15BrN2O2/c1-8-5-10(14)7-11(6-8)16-4-3-12(17)15-9(2)13(16)18/h5-7,9H,3-4H2,1-2H3,(H,15,17). The first-order valence-corrected chi connectivity index (χ1v) is 6.64. The SMILES string of the molecule is Cc1cc(Br)cc(N2CCC(=O)NC(C)C2=O)c1. The number of hydrogen-bond acceptors (Lipinski definition) is 2. The summed E-state index contributed by atoms with van der Waals surface area (Å²) in [5, 5.41) is 2.68. The van der Waals surface area contributed by atoms with Crippen LogP contribution in [-0.4, -0.2) is 24.4 Å². The summed E-state index contributed by atoms with van der Waals surface area (Å²) in [5.41, 5.74) is 1.90. The molecule has 1 aromatic carbocycles. The monoisotopic (exact) mass is 310 g/mol. The zero-order valence-corrected chi connectivity index (χ0v) is 12.0. The molecule has 1 aliphatic heterocycles. The number of carbonyl (C=O) groups is 2. The predicted octanol–water partition coefficient (Wildman–Crippen LogP) is 2.00. The van der Waals surface area contributed by atoms with Crippen molar-refractivity contribution in [1.82, 2.24) is 5.32 Å². The molecule has 1 saturated heterocycles. The van der Waals surface area contributed by atoms with Gasteiger partial charge in [0.25, 0.3) is 0 Å². The van der Waals surface area contributed by atoms with Gasteiger partial charge in [0.05, 0.1) is 0 Å². The van der Waals surface area contributed by atoms with Gasteiger partial charge in [0.2, 0.25) is 11.8 Å². The third kappa shape index (κ3) is 2.72. The molecule has 1 heterocycles. The zero-order valence-electron chi connectivity index (χ0n) is 10.4. The van der Waals surface area contributed by atoms with E-state index >= 15 is 0 Å². The molecule has 1 aromatic rings. The van der Waals surface area contributed by atoms with E-state index in [-0.39, 0.29) is 11.8 Å². The van der Waals surface area contributed by atoms with Crippen LogP contribution in [0.2, 0.25) is 0 Å². The molecule has 0 bridgehead atoms. The maximum Gasteiger partial charge on any atom is 0.249 e. The Morgan fingerprint density at radius 1 is 1.33 bits per heavy atom. The van der Waals surface area contributed by atoms with Gasteiger partial charge in [0.1, 0.15) is 6.04 Å². The molecule has 1 N–H and O–H groups in total. The molecule has 1 atom stereocenters. The first kappa shape index (κ1) is 13.1. The van der Waals surface area contributed by atoms with Gasteiger partial charge < -0.3 is 10.2 Å². The Kier molecular flexibility index (Phi) is 3.71. The van der Waals surface area contributed by atoms with E-state index in [9.17, 15) is 9.59 Å². The van der Waals surface area contributed by atoms with Crippen LogP contribution in [0.5, 0.6) is 0 Å². The van der Waals surface area contributed by atoms with Crippen molar-refractivity contribution in [3.63, 3.8) is 0 Å². The van der Waals surface area contributed by atoms with Crippen LogP contribution in [0, 0.1) is 6.92 Å². The molecule has 1 fully saturated rings. The minimum atomic E-state index is -0.473. The highest BCUT2D eigenvalue weighted by atomic mass is 79.9. The lowest BCUT2D eigenvalue weighted by Gasteiger charge is -2.23. The van der Waals surface area contributed by atoms with Gasteiger partial charge in [-0.15, -0.1) is 0 Å². The number of anilines is 1. The van der Waals surface area contributed by atoms with Gasteiger partial charge in [-0.05, 0) is 37.6 Å². The molecule has 0 aliphatic carbocycles. The lowest BCUT2D eigenvalue weighted by molar-refractivity contribution is -0.125. The molecule has 2 amide bonds. The number of aryl methyl sites for hydroxylation is 1. The van der Waals surface area contributed by atoms with Crippen LogP contribution in [0.4, 0.5) is 5.69 Å². The van der Waals surface area contributed by atoms with Crippen LogP contribution in [0.15, 0.2) is 22.7 Å². The summed E-state index contributed by atoms with van der Waals surface area (Å²) in [6.45, 7) is 4.11. The lowest BCUT2D eigenvalue weighted by atomic mass is 10.2. The van der Waals surface area contributed by atoms with Crippen molar-refractivity contribution in [2.45, 2.75) is 26.3 Å². The molecule has 4 nitrogen and oxygen atoms in total. The Labute approximate surface area is 114 Å². The molecule has 2 rings (SSSR count). The summed E-state index contributed by atoms with van der Waals surface area (Å²) in [6.07, 6.45) is 0.335. The zero-order chi connectivity index (χ0) is 13.3. The van der Waals surface area contributed by atoms with E-state index in [2.05, 4.69) is 21.2 Å². The van der Waals surface area contributed by atoms with Crippen molar-refractivity contribution in [2.75, 3.05) is 11.4 Å². The highest BCUT2D eigenvalue weighted by Crippen LogP contribution is 2.24. The van der Waals surface area contributed by atoms with E-state index in [1.54, 1.807) is 11.8 Å². The van der Waals surface area contributed by atoms with E-state index in [4.69, 9.17) is 0 Å². The van der Waals surface area contributed by atoms with Crippen molar-refractivity contribution in [1.29, 1.82) is 0 Å². The molecule has 96 valence electrons. The van der Waals surface area contributed by atoms with Gasteiger partial charge in [-0.2, -0.15) is 0 Å². The Morgan fingerprint density at radius 2 is 2.06 bits per heavy atom. The summed E-state index contributed by atoms with van der Waals surface area (Å²) < 4.78 is 0.932. The molecular formula is C13H15BrN2O2. The number of amides is 2. The van der Waals surface area contributed by atoms with Gasteiger partial charge in [-0.25, -0.2) is 0 Å². The molecule has 5 heteroatoms. The summed E-state index contributed by atoms with van der Waals surface area (Å²) in [5.74, 6) is -0.150. The van der Waals surface area contributed by atoms with Crippen molar-refractivity contribution >= 4 is 33.4 Å². The summed E-state index contributed by atoms with van der Waals surface area (Å²) in [6, 6.07) is 5.36. The molecule has 1 aliphatic rings. The smallest absolute Gasteiger partial charge is 0.249 e. The van der Waals surface area contributed by atoms with Crippen molar-refractivity contribution in [3.8, 4) is 0 Å². The number of rotatable bonds is 1. The maximum absolute atomic E-state index is 12.2. The Balaban J connectivity index is 2.35. The molecule has 0 spiro atoms. The van der Waals surface area contributed by atoms with Crippen molar-refractivity contribution in [3.05, 3.63) is 28.2 Å². The quantitative estimate of drug-likeness (QED) is 0.862. The predicted molar refractivity (Wildman–Crippen MR) is 73.5 cm³/mol. The van der Waals surface area contributed by atoms with E-state index in [1.807, 2.05) is 25.1 Å². The minimum Gasteiger partial charge on any atom is -0.345 e. The average Bonchev–Trinajstić information content (AvgIpc) is 2.38. The molecule has 1 unspecified atom stereocenters. The Bertz CT molecular complexity index is 482. The fraction of sp³-hybridized carbons (Fsp3) is 0.385. The summed E-state index contributed by atoms with van der Waals surface area (Å²) in [7, 11) is 0. The molecule has 0 aromatic heterocycles. The van der Waals surface area contributed by atoms with Crippen LogP contribution in [-0.2, 0) is 9.59 Å². The number of hydrogen-bond donors (Lipinski definition) is 1. The number of nitrogens with one attached hydrogen (secondary N) is 1. The van der Waals surface area contributed by atoms with E-state index < -0.39 is 6.04 Å². The lowest BCUT2D eigenvalue weighted by Crippen LogP contribution is -2.42.